The minimum absolute atomic E-state index is 0.253. The van der Waals surface area contributed by atoms with Gasteiger partial charge in [-0.2, -0.15) is 0 Å². The molecule has 18 heavy (non-hydrogen) atoms. The molecule has 0 unspecified atom stereocenters. The molecule has 2 nitrogen and oxygen atoms in total. The van der Waals surface area contributed by atoms with Gasteiger partial charge in [-0.25, -0.2) is 17.6 Å². The van der Waals surface area contributed by atoms with Gasteiger partial charge in [0.2, 0.25) is 0 Å². The van der Waals surface area contributed by atoms with Crippen LogP contribution in [-0.2, 0) is 0 Å². The van der Waals surface area contributed by atoms with Crippen LogP contribution in [0.3, 0.4) is 0 Å². The smallest absolute Gasteiger partial charge is 0.163 e. The van der Waals surface area contributed by atoms with Gasteiger partial charge in [0.05, 0.1) is 6.04 Å². The fourth-order valence-corrected chi connectivity index (χ4v) is 2.19. The van der Waals surface area contributed by atoms with Crippen molar-refractivity contribution in [1.82, 2.24) is 10.2 Å². The van der Waals surface area contributed by atoms with Crippen molar-refractivity contribution < 1.29 is 17.6 Å². The molecule has 0 bridgehead atoms. The molecule has 0 aromatic heterocycles. The summed E-state index contributed by atoms with van der Waals surface area (Å²) in [7, 11) is 0. The molecule has 100 valence electrons. The van der Waals surface area contributed by atoms with Crippen molar-refractivity contribution in [2.24, 2.45) is 0 Å². The first-order chi connectivity index (χ1) is 8.63. The third kappa shape index (κ3) is 2.64. The summed E-state index contributed by atoms with van der Waals surface area (Å²) >= 11 is 0. The highest BCUT2D eigenvalue weighted by Gasteiger charge is 2.26. The van der Waals surface area contributed by atoms with Gasteiger partial charge in [-0.15, -0.1) is 0 Å². The van der Waals surface area contributed by atoms with Crippen LogP contribution in [0.5, 0.6) is 0 Å². The summed E-state index contributed by atoms with van der Waals surface area (Å²) in [6.45, 7) is 1.46. The summed E-state index contributed by atoms with van der Waals surface area (Å²) in [5.74, 6) is -3.34. The van der Waals surface area contributed by atoms with Gasteiger partial charge in [0, 0.05) is 37.8 Å². The van der Waals surface area contributed by atoms with Crippen LogP contribution in [0.1, 0.15) is 11.6 Å². The topological polar surface area (TPSA) is 15.3 Å². The van der Waals surface area contributed by atoms with Crippen LogP contribution in [0, 0.1) is 17.5 Å². The Bertz CT molecular complexity index is 419. The molecule has 1 aliphatic heterocycles. The lowest BCUT2D eigenvalue weighted by Crippen LogP contribution is -2.46. The summed E-state index contributed by atoms with van der Waals surface area (Å²) in [4.78, 5) is 1.69. The molecule has 1 fully saturated rings. The number of benzene rings is 1. The number of halogens is 4. The zero-order valence-corrected chi connectivity index (χ0v) is 9.73. The van der Waals surface area contributed by atoms with Crippen LogP contribution in [0.25, 0.3) is 0 Å². The molecule has 1 atom stereocenters. The summed E-state index contributed by atoms with van der Waals surface area (Å²) in [5.41, 5.74) is -0.253. The number of hydrogen-bond acceptors (Lipinski definition) is 2. The first-order valence-electron chi connectivity index (χ1n) is 5.78. The van der Waals surface area contributed by atoms with Crippen molar-refractivity contribution >= 4 is 0 Å². The maximum atomic E-state index is 13.6. The van der Waals surface area contributed by atoms with Gasteiger partial charge in [0.1, 0.15) is 12.5 Å². The Hall–Kier alpha value is -1.14. The summed E-state index contributed by atoms with van der Waals surface area (Å²) in [6.07, 6.45) is 0. The molecular formula is C12H14F4N2. The number of rotatable bonds is 3. The molecule has 1 heterocycles. The molecule has 0 aliphatic carbocycles. The van der Waals surface area contributed by atoms with Crippen LogP contribution in [0.4, 0.5) is 17.6 Å². The van der Waals surface area contributed by atoms with Crippen molar-refractivity contribution in [3.05, 3.63) is 35.1 Å². The van der Waals surface area contributed by atoms with E-state index in [1.807, 2.05) is 0 Å². The Labute approximate surface area is 103 Å². The molecule has 1 aromatic rings. The summed E-state index contributed by atoms with van der Waals surface area (Å²) in [6, 6.07) is 0.397. The van der Waals surface area contributed by atoms with E-state index in [0.29, 0.717) is 32.2 Å². The molecule has 0 spiro atoms. The van der Waals surface area contributed by atoms with Gasteiger partial charge >= 0.3 is 0 Å². The minimum atomic E-state index is -1.28. The Morgan fingerprint density at radius 1 is 1.17 bits per heavy atom. The van der Waals surface area contributed by atoms with Crippen molar-refractivity contribution in [3.63, 3.8) is 0 Å². The van der Waals surface area contributed by atoms with Crippen LogP contribution in [-0.4, -0.2) is 37.8 Å². The molecule has 1 saturated heterocycles. The van der Waals surface area contributed by atoms with Gasteiger partial charge < -0.3 is 5.32 Å². The van der Waals surface area contributed by atoms with Crippen LogP contribution < -0.4 is 5.32 Å². The lowest BCUT2D eigenvalue weighted by Gasteiger charge is -2.33. The number of alkyl halides is 1. The van der Waals surface area contributed by atoms with Gasteiger partial charge in [0.15, 0.2) is 11.6 Å². The van der Waals surface area contributed by atoms with Gasteiger partial charge in [-0.3, -0.25) is 4.90 Å². The highest BCUT2D eigenvalue weighted by Crippen LogP contribution is 2.26. The molecule has 1 N–H and O–H groups in total. The van der Waals surface area contributed by atoms with E-state index in [1.54, 1.807) is 4.90 Å². The standard InChI is InChI=1S/C12H14F4N2/c13-7-11(18-3-1-17-2-4-18)9-5-8(14)6-10(15)12(9)16/h5-6,11,17H,1-4,7H2/t11-/m1/s1. The number of nitrogens with one attached hydrogen (secondary N) is 1. The van der Waals surface area contributed by atoms with Crippen LogP contribution in [0.2, 0.25) is 0 Å². The number of hydrogen-bond donors (Lipinski definition) is 1. The van der Waals surface area contributed by atoms with Crippen LogP contribution in [0.15, 0.2) is 12.1 Å². The lowest BCUT2D eigenvalue weighted by atomic mass is 10.0. The van der Waals surface area contributed by atoms with E-state index in [4.69, 9.17) is 0 Å². The van der Waals surface area contributed by atoms with Crippen LogP contribution >= 0.6 is 0 Å². The van der Waals surface area contributed by atoms with Crippen molar-refractivity contribution in [2.45, 2.75) is 6.04 Å². The Morgan fingerprint density at radius 2 is 1.83 bits per heavy atom. The predicted molar refractivity (Wildman–Crippen MR) is 59.5 cm³/mol. The number of nitrogens with zero attached hydrogens (tertiary/aromatic N) is 1. The lowest BCUT2D eigenvalue weighted by molar-refractivity contribution is 0.143. The molecular weight excluding hydrogens is 248 g/mol. The quantitative estimate of drug-likeness (QED) is 0.662. The van der Waals surface area contributed by atoms with Crippen molar-refractivity contribution in [2.75, 3.05) is 32.9 Å². The average Bonchev–Trinajstić information content (AvgIpc) is 2.37. The highest BCUT2D eigenvalue weighted by molar-refractivity contribution is 5.24. The van der Waals surface area contributed by atoms with Gasteiger partial charge in [0.25, 0.3) is 0 Å². The fraction of sp³-hybridized carbons (Fsp3) is 0.500. The second-order valence-electron chi connectivity index (χ2n) is 4.25. The fourth-order valence-electron chi connectivity index (χ4n) is 2.19. The Kier molecular flexibility index (Phi) is 4.19. The molecule has 2 rings (SSSR count). The summed E-state index contributed by atoms with van der Waals surface area (Å²) in [5, 5.41) is 3.08. The first kappa shape index (κ1) is 13.3. The zero-order valence-electron chi connectivity index (χ0n) is 9.73. The predicted octanol–water partition coefficient (Wildman–Crippen LogP) is 2.02. The van der Waals surface area contributed by atoms with E-state index in [2.05, 4.69) is 5.32 Å². The maximum absolute atomic E-state index is 13.6. The van der Waals surface area contributed by atoms with E-state index >= 15 is 0 Å². The third-order valence-corrected chi connectivity index (χ3v) is 3.12. The maximum Gasteiger partial charge on any atom is 0.163 e. The summed E-state index contributed by atoms with van der Waals surface area (Å²) < 4.78 is 53.0. The third-order valence-electron chi connectivity index (χ3n) is 3.12. The van der Waals surface area contributed by atoms with E-state index in [9.17, 15) is 17.6 Å². The average molecular weight is 262 g/mol. The number of piperazine rings is 1. The van der Waals surface area contributed by atoms with E-state index in [0.717, 1.165) is 6.07 Å². The van der Waals surface area contributed by atoms with E-state index in [1.165, 1.54) is 0 Å². The second-order valence-corrected chi connectivity index (χ2v) is 4.25. The van der Waals surface area contributed by atoms with Crippen molar-refractivity contribution in [1.29, 1.82) is 0 Å². The SMILES string of the molecule is FC[C@H](c1cc(F)cc(F)c1F)N1CCNCC1. The minimum Gasteiger partial charge on any atom is -0.314 e. The molecule has 1 aromatic carbocycles. The van der Waals surface area contributed by atoms with Crippen molar-refractivity contribution in [3.8, 4) is 0 Å². The first-order valence-corrected chi connectivity index (χ1v) is 5.78. The molecule has 0 amide bonds. The highest BCUT2D eigenvalue weighted by atomic mass is 19.2. The van der Waals surface area contributed by atoms with Gasteiger partial charge in [-0.05, 0) is 6.07 Å². The zero-order chi connectivity index (χ0) is 13.1. The second kappa shape index (κ2) is 5.67. The molecule has 1 aliphatic rings. The van der Waals surface area contributed by atoms with Gasteiger partial charge in [-0.1, -0.05) is 0 Å². The molecule has 0 radical (unpaired) electrons. The normalized spacial score (nSPS) is 18.9. The Balaban J connectivity index is 2.31. The van der Waals surface area contributed by atoms with E-state index in [-0.39, 0.29) is 5.56 Å². The monoisotopic (exact) mass is 262 g/mol. The molecule has 0 saturated carbocycles. The van der Waals surface area contributed by atoms with E-state index < -0.39 is 30.2 Å². The largest absolute Gasteiger partial charge is 0.314 e. The molecule has 6 heteroatoms. The Morgan fingerprint density at radius 3 is 2.44 bits per heavy atom.